The first-order valence-electron chi connectivity index (χ1n) is 5.69. The Kier molecular flexibility index (Phi) is 3.26. The summed E-state index contributed by atoms with van der Waals surface area (Å²) in [7, 11) is 0. The third kappa shape index (κ3) is 2.60. The Morgan fingerprint density at radius 2 is 2.12 bits per heavy atom. The highest BCUT2D eigenvalue weighted by Crippen LogP contribution is 2.24. The van der Waals surface area contributed by atoms with Gasteiger partial charge < -0.3 is 10.1 Å². The van der Waals surface area contributed by atoms with Crippen LogP contribution in [0.15, 0.2) is 24.3 Å². The van der Waals surface area contributed by atoms with E-state index in [0.29, 0.717) is 18.7 Å². The summed E-state index contributed by atoms with van der Waals surface area (Å²) in [4.78, 5) is 0. The molecular weight excluding hydrogens is 205 g/mol. The van der Waals surface area contributed by atoms with Crippen LogP contribution in [0.4, 0.5) is 4.39 Å². The molecule has 0 aromatic heterocycles. The molecule has 1 atom stereocenters. The van der Waals surface area contributed by atoms with Crippen molar-refractivity contribution in [3.05, 3.63) is 35.6 Å². The predicted octanol–water partition coefficient (Wildman–Crippen LogP) is 2.66. The molecule has 1 unspecified atom stereocenters. The largest absolute Gasteiger partial charge is 0.372 e. The van der Waals surface area contributed by atoms with E-state index >= 15 is 0 Å². The van der Waals surface area contributed by atoms with Gasteiger partial charge in [0, 0.05) is 24.3 Å². The van der Waals surface area contributed by atoms with Crippen molar-refractivity contribution in [2.45, 2.75) is 31.9 Å². The minimum atomic E-state index is -0.186. The van der Waals surface area contributed by atoms with Crippen molar-refractivity contribution in [2.75, 3.05) is 13.2 Å². The lowest BCUT2D eigenvalue weighted by molar-refractivity contribution is 0.0631. The summed E-state index contributed by atoms with van der Waals surface area (Å²) >= 11 is 0. The second-order valence-corrected chi connectivity index (χ2v) is 4.90. The van der Waals surface area contributed by atoms with Crippen LogP contribution in [-0.2, 0) is 4.74 Å². The van der Waals surface area contributed by atoms with Crippen molar-refractivity contribution in [2.24, 2.45) is 0 Å². The fourth-order valence-electron chi connectivity index (χ4n) is 1.91. The SMILES string of the molecule is CC1(C)CCOC(c2ccccc2F)CN1. The Morgan fingerprint density at radius 1 is 1.38 bits per heavy atom. The second kappa shape index (κ2) is 4.52. The van der Waals surface area contributed by atoms with Crippen LogP contribution in [-0.4, -0.2) is 18.7 Å². The van der Waals surface area contributed by atoms with Crippen LogP contribution >= 0.6 is 0 Å². The van der Waals surface area contributed by atoms with Crippen LogP contribution in [0.5, 0.6) is 0 Å². The van der Waals surface area contributed by atoms with E-state index in [4.69, 9.17) is 4.74 Å². The van der Waals surface area contributed by atoms with Crippen LogP contribution in [0.3, 0.4) is 0 Å². The van der Waals surface area contributed by atoms with Gasteiger partial charge in [-0.15, -0.1) is 0 Å². The normalized spacial score (nSPS) is 25.1. The number of hydrogen-bond donors (Lipinski definition) is 1. The molecule has 1 aliphatic rings. The van der Waals surface area contributed by atoms with E-state index in [1.54, 1.807) is 12.1 Å². The van der Waals surface area contributed by atoms with Crippen LogP contribution in [0.25, 0.3) is 0 Å². The average molecular weight is 223 g/mol. The summed E-state index contributed by atoms with van der Waals surface area (Å²) in [5.41, 5.74) is 0.715. The first-order chi connectivity index (χ1) is 7.58. The Balaban J connectivity index is 2.14. The summed E-state index contributed by atoms with van der Waals surface area (Å²) in [6.07, 6.45) is 0.765. The van der Waals surface area contributed by atoms with E-state index in [9.17, 15) is 4.39 Å². The monoisotopic (exact) mass is 223 g/mol. The van der Waals surface area contributed by atoms with Gasteiger partial charge in [-0.3, -0.25) is 0 Å². The van der Waals surface area contributed by atoms with Crippen molar-refractivity contribution in [3.8, 4) is 0 Å². The second-order valence-electron chi connectivity index (χ2n) is 4.90. The Morgan fingerprint density at radius 3 is 2.88 bits per heavy atom. The van der Waals surface area contributed by atoms with Crippen molar-refractivity contribution in [1.29, 1.82) is 0 Å². The lowest BCUT2D eigenvalue weighted by Gasteiger charge is -2.23. The first kappa shape index (κ1) is 11.6. The van der Waals surface area contributed by atoms with Crippen LogP contribution in [0.2, 0.25) is 0 Å². The molecule has 0 saturated carbocycles. The van der Waals surface area contributed by atoms with Gasteiger partial charge in [-0.1, -0.05) is 18.2 Å². The Bertz CT molecular complexity index is 365. The lowest BCUT2D eigenvalue weighted by Crippen LogP contribution is -2.39. The van der Waals surface area contributed by atoms with Gasteiger partial charge in [0.1, 0.15) is 5.82 Å². The van der Waals surface area contributed by atoms with Gasteiger partial charge in [-0.2, -0.15) is 0 Å². The summed E-state index contributed by atoms with van der Waals surface area (Å²) < 4.78 is 19.3. The van der Waals surface area contributed by atoms with Gasteiger partial charge in [0.05, 0.1) is 6.10 Å². The number of halogens is 1. The third-order valence-corrected chi connectivity index (χ3v) is 3.06. The van der Waals surface area contributed by atoms with Gasteiger partial charge in [0.2, 0.25) is 0 Å². The maximum atomic E-state index is 13.6. The topological polar surface area (TPSA) is 21.3 Å². The molecule has 2 nitrogen and oxygen atoms in total. The van der Waals surface area contributed by atoms with Crippen LogP contribution < -0.4 is 5.32 Å². The summed E-state index contributed by atoms with van der Waals surface area (Å²) in [5, 5.41) is 3.40. The lowest BCUT2D eigenvalue weighted by atomic mass is 10.0. The quantitative estimate of drug-likeness (QED) is 0.790. The minimum Gasteiger partial charge on any atom is -0.372 e. The standard InChI is InChI=1S/C13H18FNO/c1-13(2)7-8-16-12(9-15-13)10-5-3-4-6-11(10)14/h3-6,12,15H,7-9H2,1-2H3. The molecule has 1 fully saturated rings. The molecule has 0 radical (unpaired) electrons. The maximum Gasteiger partial charge on any atom is 0.129 e. The highest BCUT2D eigenvalue weighted by molar-refractivity contribution is 5.20. The summed E-state index contributed by atoms with van der Waals surface area (Å²) in [6, 6.07) is 6.82. The van der Waals surface area contributed by atoms with Gasteiger partial charge >= 0.3 is 0 Å². The van der Waals surface area contributed by atoms with Gasteiger partial charge in [-0.05, 0) is 26.3 Å². The fourth-order valence-corrected chi connectivity index (χ4v) is 1.91. The molecule has 0 spiro atoms. The van der Waals surface area contributed by atoms with Crippen molar-refractivity contribution in [1.82, 2.24) is 5.32 Å². The average Bonchev–Trinajstić information content (AvgIpc) is 2.40. The Labute approximate surface area is 95.8 Å². The number of benzene rings is 1. The summed E-state index contributed by atoms with van der Waals surface area (Å²) in [6.45, 7) is 5.60. The van der Waals surface area contributed by atoms with Crippen LogP contribution in [0.1, 0.15) is 31.9 Å². The van der Waals surface area contributed by atoms with E-state index in [1.165, 1.54) is 6.07 Å². The van der Waals surface area contributed by atoms with E-state index in [1.807, 2.05) is 6.07 Å². The molecular formula is C13H18FNO. The molecule has 1 saturated heterocycles. The molecule has 0 aliphatic carbocycles. The van der Waals surface area contributed by atoms with Crippen molar-refractivity contribution in [3.63, 3.8) is 0 Å². The molecule has 16 heavy (non-hydrogen) atoms. The molecule has 1 aromatic rings. The van der Waals surface area contributed by atoms with Gasteiger partial charge in [-0.25, -0.2) is 4.39 Å². The van der Waals surface area contributed by atoms with E-state index in [-0.39, 0.29) is 17.5 Å². The zero-order chi connectivity index (χ0) is 11.6. The highest BCUT2D eigenvalue weighted by Gasteiger charge is 2.25. The number of ether oxygens (including phenoxy) is 1. The highest BCUT2D eigenvalue weighted by atomic mass is 19.1. The van der Waals surface area contributed by atoms with E-state index in [2.05, 4.69) is 19.2 Å². The van der Waals surface area contributed by atoms with Crippen molar-refractivity contribution >= 4 is 0 Å². The number of nitrogens with one attached hydrogen (secondary N) is 1. The fraction of sp³-hybridized carbons (Fsp3) is 0.538. The zero-order valence-corrected chi connectivity index (χ0v) is 9.79. The molecule has 1 aromatic carbocycles. The molecule has 0 bridgehead atoms. The Hall–Kier alpha value is -0.930. The van der Waals surface area contributed by atoms with E-state index in [0.717, 1.165) is 6.42 Å². The molecule has 1 aliphatic heterocycles. The van der Waals surface area contributed by atoms with Crippen LogP contribution in [0, 0.1) is 5.82 Å². The van der Waals surface area contributed by atoms with Gasteiger partial charge in [0.25, 0.3) is 0 Å². The van der Waals surface area contributed by atoms with Gasteiger partial charge in [0.15, 0.2) is 0 Å². The predicted molar refractivity (Wildman–Crippen MR) is 61.8 cm³/mol. The molecule has 3 heteroatoms. The van der Waals surface area contributed by atoms with E-state index < -0.39 is 0 Å². The molecule has 88 valence electrons. The van der Waals surface area contributed by atoms with Crippen molar-refractivity contribution < 1.29 is 9.13 Å². The molecule has 1 heterocycles. The smallest absolute Gasteiger partial charge is 0.129 e. The maximum absolute atomic E-state index is 13.6. The third-order valence-electron chi connectivity index (χ3n) is 3.06. The zero-order valence-electron chi connectivity index (χ0n) is 9.79. The first-order valence-corrected chi connectivity index (χ1v) is 5.69. The minimum absolute atomic E-state index is 0.0695. The summed E-state index contributed by atoms with van der Waals surface area (Å²) in [5.74, 6) is -0.186. The number of rotatable bonds is 1. The molecule has 1 N–H and O–H groups in total. The molecule has 0 amide bonds. The molecule has 2 rings (SSSR count). The number of hydrogen-bond acceptors (Lipinski definition) is 2.